The lowest BCUT2D eigenvalue weighted by Crippen LogP contribution is -2.37. The van der Waals surface area contributed by atoms with Gasteiger partial charge in [0, 0.05) is 10.9 Å². The second kappa shape index (κ2) is 8.92. The second-order valence-electron chi connectivity index (χ2n) is 7.42. The lowest BCUT2D eigenvalue weighted by atomic mass is 10.1. The molecule has 2 aromatic carbocycles. The summed E-state index contributed by atoms with van der Waals surface area (Å²) in [5.74, 6) is -0.100. The molecular weight excluding hydrogens is 479 g/mol. The molecule has 2 heterocycles. The maximum atomic E-state index is 14.1. The van der Waals surface area contributed by atoms with Crippen LogP contribution in [0.25, 0.3) is 0 Å². The lowest BCUT2D eigenvalue weighted by Gasteiger charge is -2.24. The maximum absolute atomic E-state index is 14.1. The number of ether oxygens (including phenoxy) is 2. The van der Waals surface area contributed by atoms with Crippen molar-refractivity contribution in [3.63, 3.8) is 0 Å². The molecule has 2 aromatic rings. The predicted octanol–water partition coefficient (Wildman–Crippen LogP) is 3.34. The third kappa shape index (κ3) is 4.57. The van der Waals surface area contributed by atoms with Gasteiger partial charge in [0.15, 0.2) is 26.5 Å². The third-order valence-electron chi connectivity index (χ3n) is 5.27. The first-order valence-corrected chi connectivity index (χ1v) is 12.7. The van der Waals surface area contributed by atoms with Crippen molar-refractivity contribution in [2.75, 3.05) is 30.6 Å². The highest BCUT2D eigenvalue weighted by Gasteiger charge is 2.49. The van der Waals surface area contributed by atoms with Crippen LogP contribution in [0.2, 0.25) is 5.02 Å². The van der Waals surface area contributed by atoms with Crippen LogP contribution in [0.4, 0.5) is 10.1 Å². The fraction of sp³-hybridized carbons (Fsp3) is 0.333. The summed E-state index contributed by atoms with van der Waals surface area (Å²) in [6.45, 7) is 0. The lowest BCUT2D eigenvalue weighted by molar-refractivity contribution is -0.117. The number of amidine groups is 1. The van der Waals surface area contributed by atoms with Gasteiger partial charge in [-0.15, -0.1) is 0 Å². The van der Waals surface area contributed by atoms with E-state index in [1.165, 1.54) is 38.1 Å². The Hall–Kier alpha value is -2.30. The van der Waals surface area contributed by atoms with Crippen LogP contribution in [0, 0.1) is 5.82 Å². The first-order valence-electron chi connectivity index (χ1n) is 9.64. The van der Waals surface area contributed by atoms with Gasteiger partial charge in [-0.2, -0.15) is 4.99 Å². The Morgan fingerprint density at radius 2 is 1.94 bits per heavy atom. The molecule has 32 heavy (non-hydrogen) atoms. The minimum atomic E-state index is -3.23. The number of hydrogen-bond acceptors (Lipinski definition) is 6. The quantitative estimate of drug-likeness (QED) is 0.625. The van der Waals surface area contributed by atoms with Crippen molar-refractivity contribution in [2.45, 2.75) is 17.7 Å². The normalized spacial score (nSPS) is 22.8. The van der Waals surface area contributed by atoms with Gasteiger partial charge >= 0.3 is 0 Å². The van der Waals surface area contributed by atoms with Gasteiger partial charge in [-0.25, -0.2) is 12.8 Å². The van der Waals surface area contributed by atoms with Crippen LogP contribution in [0.5, 0.6) is 11.5 Å². The topological polar surface area (TPSA) is 85.3 Å². The Balaban J connectivity index is 1.63. The number of halogens is 2. The minimum Gasteiger partial charge on any atom is -0.493 e. The van der Waals surface area contributed by atoms with Gasteiger partial charge < -0.3 is 14.4 Å². The van der Waals surface area contributed by atoms with E-state index in [1.807, 2.05) is 0 Å². The molecule has 2 saturated heterocycles. The van der Waals surface area contributed by atoms with E-state index in [-0.39, 0.29) is 28.2 Å². The Morgan fingerprint density at radius 1 is 1.19 bits per heavy atom. The van der Waals surface area contributed by atoms with Crippen LogP contribution in [0.15, 0.2) is 41.4 Å². The van der Waals surface area contributed by atoms with Crippen molar-refractivity contribution >= 4 is 50.0 Å². The number of hydrogen-bond donors (Lipinski definition) is 0. The van der Waals surface area contributed by atoms with Gasteiger partial charge in [0.1, 0.15) is 5.82 Å². The van der Waals surface area contributed by atoms with Crippen LogP contribution >= 0.6 is 23.4 Å². The van der Waals surface area contributed by atoms with Crippen LogP contribution < -0.4 is 14.4 Å². The summed E-state index contributed by atoms with van der Waals surface area (Å²) in [7, 11) is -0.194. The molecule has 2 aliphatic rings. The molecule has 0 spiro atoms. The highest BCUT2D eigenvalue weighted by Crippen LogP contribution is 2.41. The number of anilines is 1. The van der Waals surface area contributed by atoms with Gasteiger partial charge in [0.05, 0.1) is 43.2 Å². The van der Waals surface area contributed by atoms with Crippen molar-refractivity contribution in [2.24, 2.45) is 4.99 Å². The smallest absolute Gasteiger partial charge is 0.252 e. The summed E-state index contributed by atoms with van der Waals surface area (Å²) >= 11 is 7.03. The fourth-order valence-corrected chi connectivity index (χ4v) is 7.86. The molecule has 170 valence electrons. The first kappa shape index (κ1) is 22.9. The molecule has 1 amide bonds. The highest BCUT2D eigenvalue weighted by molar-refractivity contribution is 8.16. The van der Waals surface area contributed by atoms with E-state index in [2.05, 4.69) is 4.99 Å². The molecule has 0 unspecified atom stereocenters. The number of aliphatic imine (C=N–C) groups is 1. The molecule has 2 atom stereocenters. The summed E-state index contributed by atoms with van der Waals surface area (Å²) in [6, 6.07) is 8.94. The summed E-state index contributed by atoms with van der Waals surface area (Å²) in [4.78, 5) is 18.6. The highest BCUT2D eigenvalue weighted by atomic mass is 35.5. The fourth-order valence-electron chi connectivity index (χ4n) is 3.81. The molecule has 2 aliphatic heterocycles. The zero-order chi connectivity index (χ0) is 23.0. The van der Waals surface area contributed by atoms with E-state index < -0.39 is 27.6 Å². The van der Waals surface area contributed by atoms with Crippen LogP contribution in [0.3, 0.4) is 0 Å². The van der Waals surface area contributed by atoms with Gasteiger partial charge in [-0.1, -0.05) is 29.4 Å². The third-order valence-corrected chi connectivity index (χ3v) is 8.79. The predicted molar refractivity (Wildman–Crippen MR) is 123 cm³/mol. The number of carbonyl (C=O) groups is 1. The average Bonchev–Trinajstić information content (AvgIpc) is 3.20. The molecule has 0 bridgehead atoms. The van der Waals surface area contributed by atoms with Gasteiger partial charge in [-0.05, 0) is 35.9 Å². The first-order chi connectivity index (χ1) is 15.2. The van der Waals surface area contributed by atoms with Crippen molar-refractivity contribution in [3.8, 4) is 11.5 Å². The summed E-state index contributed by atoms with van der Waals surface area (Å²) < 4.78 is 48.9. The summed E-state index contributed by atoms with van der Waals surface area (Å²) in [5, 5.41) is 0.0210. The number of nitrogens with zero attached hydrogens (tertiary/aromatic N) is 2. The molecule has 0 aliphatic carbocycles. The summed E-state index contributed by atoms with van der Waals surface area (Å²) in [5.41, 5.74) is 1.09. The Morgan fingerprint density at radius 3 is 2.62 bits per heavy atom. The molecule has 7 nitrogen and oxygen atoms in total. The Bertz CT molecular complexity index is 1200. The van der Waals surface area contributed by atoms with E-state index in [4.69, 9.17) is 21.1 Å². The molecule has 0 N–H and O–H groups in total. The number of thioether (sulfide) groups is 1. The molecule has 0 aromatic heterocycles. The SMILES string of the molecule is COc1ccc(CC(=O)N=C2S[C@@H]3CS(=O)(=O)C[C@H]3N2c2ccc(Cl)c(F)c2)cc1OC. The van der Waals surface area contributed by atoms with Crippen molar-refractivity contribution < 1.29 is 27.1 Å². The largest absolute Gasteiger partial charge is 0.493 e. The number of carbonyl (C=O) groups excluding carboxylic acids is 1. The van der Waals surface area contributed by atoms with E-state index in [1.54, 1.807) is 29.2 Å². The zero-order valence-electron chi connectivity index (χ0n) is 17.2. The molecule has 11 heteroatoms. The molecular formula is C21H20ClFN2O5S2. The molecule has 0 radical (unpaired) electrons. The van der Waals surface area contributed by atoms with Crippen molar-refractivity contribution in [1.82, 2.24) is 0 Å². The van der Waals surface area contributed by atoms with Crippen LogP contribution in [-0.2, 0) is 21.1 Å². The van der Waals surface area contributed by atoms with E-state index in [0.717, 1.165) is 0 Å². The number of fused-ring (bicyclic) bond motifs is 1. The van der Waals surface area contributed by atoms with E-state index in [9.17, 15) is 17.6 Å². The van der Waals surface area contributed by atoms with E-state index in [0.29, 0.717) is 27.9 Å². The number of benzene rings is 2. The van der Waals surface area contributed by atoms with Gasteiger partial charge in [0.25, 0.3) is 5.91 Å². The van der Waals surface area contributed by atoms with Crippen LogP contribution in [-0.4, -0.2) is 56.5 Å². The molecule has 2 fully saturated rings. The average molecular weight is 499 g/mol. The standard InChI is InChI=1S/C21H20ClFN2O5S2/c1-29-17-6-3-12(7-18(17)30-2)8-20(26)24-21-25(13-4-5-14(22)15(23)9-13)16-10-32(27,28)11-19(16)31-21/h3-7,9,16,19H,8,10-11H2,1-2H3/t16-,19-/m1/s1. The van der Waals surface area contributed by atoms with Gasteiger partial charge in [0.2, 0.25) is 0 Å². The van der Waals surface area contributed by atoms with E-state index >= 15 is 0 Å². The number of sulfone groups is 1. The second-order valence-corrected chi connectivity index (χ2v) is 11.2. The summed E-state index contributed by atoms with van der Waals surface area (Å²) in [6.07, 6.45) is 0.0147. The minimum absolute atomic E-state index is 0.0147. The van der Waals surface area contributed by atoms with Crippen molar-refractivity contribution in [3.05, 3.63) is 52.8 Å². The Labute approximate surface area is 194 Å². The van der Waals surface area contributed by atoms with Crippen molar-refractivity contribution in [1.29, 1.82) is 0 Å². The maximum Gasteiger partial charge on any atom is 0.252 e. The number of rotatable bonds is 5. The monoisotopic (exact) mass is 498 g/mol. The molecule has 4 rings (SSSR count). The Kier molecular flexibility index (Phi) is 6.37. The molecule has 0 saturated carbocycles. The number of amides is 1. The zero-order valence-corrected chi connectivity index (χ0v) is 19.6. The van der Waals surface area contributed by atoms with Crippen LogP contribution in [0.1, 0.15) is 5.56 Å². The number of methoxy groups -OCH3 is 2. The van der Waals surface area contributed by atoms with Gasteiger partial charge in [-0.3, -0.25) is 4.79 Å².